The van der Waals surface area contributed by atoms with Gasteiger partial charge in [0.2, 0.25) is 0 Å². The average Bonchev–Trinajstić information content (AvgIpc) is 2.43. The highest BCUT2D eigenvalue weighted by Crippen LogP contribution is 2.30. The molecule has 0 atom stereocenters. The third-order valence-electron chi connectivity index (χ3n) is 2.66. The van der Waals surface area contributed by atoms with Crippen molar-refractivity contribution in [2.75, 3.05) is 14.2 Å². The van der Waals surface area contributed by atoms with Crippen LogP contribution in [-0.4, -0.2) is 29.3 Å². The maximum absolute atomic E-state index is 11.8. The Balaban J connectivity index is 2.52. The zero-order chi connectivity index (χ0) is 14.7. The lowest BCUT2D eigenvalue weighted by molar-refractivity contribution is 0.180. The molecule has 0 radical (unpaired) electrons. The first-order valence-electron chi connectivity index (χ1n) is 5.71. The molecule has 20 heavy (non-hydrogen) atoms. The average molecular weight is 341 g/mol. The number of methoxy groups -OCH3 is 2. The summed E-state index contributed by atoms with van der Waals surface area (Å²) < 4.78 is 10.3. The van der Waals surface area contributed by atoms with Gasteiger partial charge in [0.25, 0.3) is 5.56 Å². The van der Waals surface area contributed by atoms with E-state index in [0.29, 0.717) is 27.3 Å². The van der Waals surface area contributed by atoms with Gasteiger partial charge in [-0.15, -0.1) is 0 Å². The Morgan fingerprint density at radius 2 is 2.15 bits per heavy atom. The number of aromatic nitrogens is 2. The van der Waals surface area contributed by atoms with Crippen LogP contribution in [0.5, 0.6) is 11.5 Å². The van der Waals surface area contributed by atoms with Crippen LogP contribution in [0, 0.1) is 0 Å². The standard InChI is InChI=1S/C13H13BrN2O4/c1-19-6-8-11(14)13(18)16-12(15-8)7-3-4-10(20-2)9(17)5-7/h3-5,17H,6H2,1-2H3,(H,15,16,18). The van der Waals surface area contributed by atoms with E-state index < -0.39 is 0 Å². The minimum absolute atomic E-state index is 0.0242. The molecule has 0 bridgehead atoms. The molecule has 0 fully saturated rings. The Hall–Kier alpha value is -1.86. The van der Waals surface area contributed by atoms with E-state index >= 15 is 0 Å². The van der Waals surface area contributed by atoms with Crippen molar-refractivity contribution in [1.29, 1.82) is 0 Å². The molecule has 1 heterocycles. The van der Waals surface area contributed by atoms with Crippen LogP contribution in [0.15, 0.2) is 27.5 Å². The number of phenolic OH excluding ortho intramolecular Hbond substituents is 1. The number of hydrogen-bond acceptors (Lipinski definition) is 5. The highest BCUT2D eigenvalue weighted by atomic mass is 79.9. The summed E-state index contributed by atoms with van der Waals surface area (Å²) >= 11 is 3.17. The second kappa shape index (κ2) is 6.06. The van der Waals surface area contributed by atoms with E-state index in [1.807, 2.05) is 0 Å². The molecule has 2 N–H and O–H groups in total. The summed E-state index contributed by atoms with van der Waals surface area (Å²) in [5.74, 6) is 0.678. The zero-order valence-electron chi connectivity index (χ0n) is 10.9. The van der Waals surface area contributed by atoms with Gasteiger partial charge in [0, 0.05) is 12.7 Å². The lowest BCUT2D eigenvalue weighted by Crippen LogP contribution is -2.14. The summed E-state index contributed by atoms with van der Waals surface area (Å²) in [7, 11) is 2.99. The van der Waals surface area contributed by atoms with E-state index in [2.05, 4.69) is 25.9 Å². The Morgan fingerprint density at radius 3 is 2.75 bits per heavy atom. The van der Waals surface area contributed by atoms with E-state index in [4.69, 9.17) is 9.47 Å². The minimum atomic E-state index is -0.308. The van der Waals surface area contributed by atoms with Gasteiger partial charge in [0.05, 0.1) is 19.4 Å². The molecule has 0 saturated heterocycles. The second-order valence-corrected chi connectivity index (χ2v) is 4.79. The molecule has 6 nitrogen and oxygen atoms in total. The number of H-pyrrole nitrogens is 1. The number of nitrogens with zero attached hydrogens (tertiary/aromatic N) is 1. The van der Waals surface area contributed by atoms with Crippen LogP contribution in [0.1, 0.15) is 5.69 Å². The number of aromatic amines is 1. The van der Waals surface area contributed by atoms with Crippen LogP contribution in [0.25, 0.3) is 11.4 Å². The number of ether oxygens (including phenoxy) is 2. The molecule has 0 saturated carbocycles. The summed E-state index contributed by atoms with van der Waals surface area (Å²) in [6.45, 7) is 0.208. The van der Waals surface area contributed by atoms with Crippen LogP contribution in [0.4, 0.5) is 0 Å². The lowest BCUT2D eigenvalue weighted by Gasteiger charge is -2.08. The second-order valence-electron chi connectivity index (χ2n) is 3.99. The molecule has 0 aliphatic rings. The molecule has 7 heteroatoms. The first-order valence-corrected chi connectivity index (χ1v) is 6.51. The van der Waals surface area contributed by atoms with E-state index in [0.717, 1.165) is 0 Å². The largest absolute Gasteiger partial charge is 0.504 e. The number of phenols is 1. The molecule has 0 unspecified atom stereocenters. The maximum atomic E-state index is 11.8. The highest BCUT2D eigenvalue weighted by molar-refractivity contribution is 9.10. The number of aromatic hydroxyl groups is 1. The number of nitrogens with one attached hydrogen (secondary N) is 1. The van der Waals surface area contributed by atoms with Gasteiger partial charge < -0.3 is 19.6 Å². The minimum Gasteiger partial charge on any atom is -0.504 e. The Labute approximate surface area is 123 Å². The number of hydrogen-bond donors (Lipinski definition) is 2. The Kier molecular flexibility index (Phi) is 4.41. The molecule has 0 aliphatic carbocycles. The monoisotopic (exact) mass is 340 g/mol. The Bertz CT molecular complexity index is 685. The predicted molar refractivity (Wildman–Crippen MR) is 76.9 cm³/mol. The third kappa shape index (κ3) is 2.83. The quantitative estimate of drug-likeness (QED) is 0.889. The van der Waals surface area contributed by atoms with Crippen molar-refractivity contribution in [2.45, 2.75) is 6.61 Å². The van der Waals surface area contributed by atoms with Crippen LogP contribution < -0.4 is 10.3 Å². The van der Waals surface area contributed by atoms with Gasteiger partial charge in [-0.3, -0.25) is 4.79 Å². The molecule has 0 aliphatic heterocycles. The first-order chi connectivity index (χ1) is 9.56. The predicted octanol–water partition coefficient (Wildman–Crippen LogP) is 2.06. The highest BCUT2D eigenvalue weighted by Gasteiger charge is 2.12. The fourth-order valence-corrected chi connectivity index (χ4v) is 2.01. The van der Waals surface area contributed by atoms with Gasteiger partial charge in [-0.25, -0.2) is 4.98 Å². The van der Waals surface area contributed by atoms with Crippen molar-refractivity contribution < 1.29 is 14.6 Å². The lowest BCUT2D eigenvalue weighted by atomic mass is 10.2. The van der Waals surface area contributed by atoms with Crippen molar-refractivity contribution in [3.8, 4) is 22.9 Å². The maximum Gasteiger partial charge on any atom is 0.265 e. The number of rotatable bonds is 4. The molecular formula is C13H13BrN2O4. The number of halogens is 1. The zero-order valence-corrected chi connectivity index (χ0v) is 12.5. The van der Waals surface area contributed by atoms with Crippen LogP contribution in [0.2, 0.25) is 0 Å². The molecular weight excluding hydrogens is 328 g/mol. The molecule has 106 valence electrons. The summed E-state index contributed by atoms with van der Waals surface area (Å²) in [6, 6.07) is 4.77. The summed E-state index contributed by atoms with van der Waals surface area (Å²) in [6.07, 6.45) is 0. The van der Waals surface area contributed by atoms with Gasteiger partial charge in [0.15, 0.2) is 11.5 Å². The first kappa shape index (κ1) is 14.5. The van der Waals surface area contributed by atoms with Gasteiger partial charge in [0.1, 0.15) is 10.3 Å². The molecule has 2 rings (SSSR count). The summed E-state index contributed by atoms with van der Waals surface area (Å²) in [5, 5.41) is 9.77. The van der Waals surface area contributed by atoms with Gasteiger partial charge in [-0.05, 0) is 34.1 Å². The molecule has 1 aromatic heterocycles. The summed E-state index contributed by atoms with van der Waals surface area (Å²) in [5.41, 5.74) is 0.754. The Morgan fingerprint density at radius 1 is 1.40 bits per heavy atom. The van der Waals surface area contributed by atoms with E-state index in [-0.39, 0.29) is 17.9 Å². The van der Waals surface area contributed by atoms with E-state index in [1.54, 1.807) is 12.1 Å². The van der Waals surface area contributed by atoms with Gasteiger partial charge in [-0.1, -0.05) is 0 Å². The van der Waals surface area contributed by atoms with Crippen molar-refractivity contribution in [1.82, 2.24) is 9.97 Å². The molecule has 1 aromatic carbocycles. The normalized spacial score (nSPS) is 10.6. The fourth-order valence-electron chi connectivity index (χ4n) is 1.71. The van der Waals surface area contributed by atoms with Crippen LogP contribution in [0.3, 0.4) is 0 Å². The van der Waals surface area contributed by atoms with E-state index in [9.17, 15) is 9.90 Å². The van der Waals surface area contributed by atoms with Crippen LogP contribution >= 0.6 is 15.9 Å². The topological polar surface area (TPSA) is 84.4 Å². The van der Waals surface area contributed by atoms with E-state index in [1.165, 1.54) is 20.3 Å². The smallest absolute Gasteiger partial charge is 0.265 e. The SMILES string of the molecule is COCc1nc(-c2ccc(OC)c(O)c2)[nH]c(=O)c1Br. The van der Waals surface area contributed by atoms with Crippen molar-refractivity contribution in [3.05, 3.63) is 38.7 Å². The van der Waals surface area contributed by atoms with Crippen LogP contribution in [-0.2, 0) is 11.3 Å². The van der Waals surface area contributed by atoms with Gasteiger partial charge in [-0.2, -0.15) is 0 Å². The number of benzene rings is 1. The molecule has 0 amide bonds. The van der Waals surface area contributed by atoms with Gasteiger partial charge >= 0.3 is 0 Å². The summed E-state index contributed by atoms with van der Waals surface area (Å²) in [4.78, 5) is 18.8. The molecule has 2 aromatic rings. The fraction of sp³-hybridized carbons (Fsp3) is 0.231. The van der Waals surface area contributed by atoms with Crippen molar-refractivity contribution in [3.63, 3.8) is 0 Å². The molecule has 0 spiro atoms. The van der Waals surface area contributed by atoms with Crippen molar-refractivity contribution >= 4 is 15.9 Å². The third-order valence-corrected chi connectivity index (χ3v) is 3.48. The van der Waals surface area contributed by atoms with Crippen molar-refractivity contribution in [2.24, 2.45) is 0 Å².